The normalized spacial score (nSPS) is 10.7. The van der Waals surface area contributed by atoms with Crippen molar-refractivity contribution in [2.24, 2.45) is 0 Å². The van der Waals surface area contributed by atoms with Crippen molar-refractivity contribution in [2.45, 2.75) is 0 Å². The summed E-state index contributed by atoms with van der Waals surface area (Å²) >= 11 is 15.0. The Balaban J connectivity index is 2.84. The van der Waals surface area contributed by atoms with Crippen molar-refractivity contribution in [3.05, 3.63) is 43.0 Å². The molecule has 0 radical (unpaired) electrons. The maximum atomic E-state index is 10.7. The van der Waals surface area contributed by atoms with E-state index in [0.717, 1.165) is 6.20 Å². The van der Waals surface area contributed by atoms with E-state index in [-0.39, 0.29) is 10.7 Å². The highest BCUT2D eigenvalue weighted by molar-refractivity contribution is 9.10. The number of hydrogen-bond acceptors (Lipinski definition) is 3. The molecule has 4 nitrogen and oxygen atoms in total. The Kier molecular flexibility index (Phi) is 3.01. The van der Waals surface area contributed by atoms with Crippen LogP contribution in [0.2, 0.25) is 10.0 Å². The molecule has 0 N–H and O–H groups in total. The minimum absolute atomic E-state index is 0.0624. The lowest BCUT2D eigenvalue weighted by atomic mass is 10.2. The summed E-state index contributed by atoms with van der Waals surface area (Å²) in [4.78, 5) is 14.0. The number of pyridine rings is 1. The molecular weight excluding hydrogens is 319 g/mol. The number of hydrogen-bond donors (Lipinski definition) is 0. The van der Waals surface area contributed by atoms with Gasteiger partial charge in [-0.3, -0.25) is 10.1 Å². The zero-order chi connectivity index (χ0) is 11.9. The smallest absolute Gasteiger partial charge is 0.258 e. The van der Waals surface area contributed by atoms with E-state index in [1.54, 1.807) is 12.1 Å². The van der Waals surface area contributed by atoms with Crippen LogP contribution in [0.25, 0.3) is 10.9 Å². The molecule has 0 saturated heterocycles. The van der Waals surface area contributed by atoms with E-state index in [9.17, 15) is 10.1 Å². The summed E-state index contributed by atoms with van der Waals surface area (Å²) in [6.45, 7) is 0. The minimum Gasteiger partial charge on any atom is -0.258 e. The topological polar surface area (TPSA) is 56.0 Å². The van der Waals surface area contributed by atoms with Crippen molar-refractivity contribution >= 4 is 55.7 Å². The van der Waals surface area contributed by atoms with Gasteiger partial charge in [0.1, 0.15) is 11.2 Å². The molecule has 0 aliphatic carbocycles. The van der Waals surface area contributed by atoms with Crippen molar-refractivity contribution in [1.82, 2.24) is 4.98 Å². The molecule has 1 aromatic heterocycles. The molecule has 16 heavy (non-hydrogen) atoms. The van der Waals surface area contributed by atoms with E-state index >= 15 is 0 Å². The van der Waals surface area contributed by atoms with E-state index in [2.05, 4.69) is 20.9 Å². The van der Waals surface area contributed by atoms with Gasteiger partial charge in [-0.05, 0) is 28.1 Å². The molecule has 2 aromatic rings. The van der Waals surface area contributed by atoms with Crippen LogP contribution in [-0.4, -0.2) is 9.91 Å². The van der Waals surface area contributed by atoms with Crippen molar-refractivity contribution < 1.29 is 4.92 Å². The zero-order valence-electron chi connectivity index (χ0n) is 7.58. The minimum atomic E-state index is -0.572. The number of halogens is 3. The molecule has 7 heteroatoms. The van der Waals surface area contributed by atoms with Crippen LogP contribution in [0.4, 0.5) is 5.69 Å². The lowest BCUT2D eigenvalue weighted by molar-refractivity contribution is -0.384. The number of fused-ring (bicyclic) bond motifs is 1. The van der Waals surface area contributed by atoms with Crippen LogP contribution in [0, 0.1) is 10.1 Å². The van der Waals surface area contributed by atoms with E-state index in [4.69, 9.17) is 23.2 Å². The maximum Gasteiger partial charge on any atom is 0.306 e. The molecule has 2 rings (SSSR count). The molecule has 0 aliphatic heterocycles. The molecule has 1 aromatic carbocycles. The van der Waals surface area contributed by atoms with Gasteiger partial charge in [-0.1, -0.05) is 23.2 Å². The van der Waals surface area contributed by atoms with E-state index in [0.29, 0.717) is 20.4 Å². The average Bonchev–Trinajstić information content (AvgIpc) is 2.21. The second-order valence-electron chi connectivity index (χ2n) is 3.00. The first-order valence-electron chi connectivity index (χ1n) is 4.08. The Bertz CT molecular complexity index is 604. The van der Waals surface area contributed by atoms with Gasteiger partial charge in [0.15, 0.2) is 0 Å². The fraction of sp³-hybridized carbons (Fsp3) is 0. The number of nitro groups is 1. The number of nitrogens with zero attached hydrogens (tertiary/aromatic N) is 2. The highest BCUT2D eigenvalue weighted by atomic mass is 79.9. The zero-order valence-corrected chi connectivity index (χ0v) is 10.7. The second-order valence-corrected chi connectivity index (χ2v) is 4.64. The highest BCUT2D eigenvalue weighted by Gasteiger charge is 2.16. The third-order valence-corrected chi connectivity index (χ3v) is 3.62. The molecule has 82 valence electrons. The fourth-order valence-electron chi connectivity index (χ4n) is 1.27. The quantitative estimate of drug-likeness (QED) is 0.584. The summed E-state index contributed by atoms with van der Waals surface area (Å²) in [7, 11) is 0. The van der Waals surface area contributed by atoms with Gasteiger partial charge in [-0.25, -0.2) is 4.98 Å². The average molecular weight is 322 g/mol. The van der Waals surface area contributed by atoms with Crippen molar-refractivity contribution in [3.63, 3.8) is 0 Å². The van der Waals surface area contributed by atoms with Gasteiger partial charge in [-0.2, -0.15) is 0 Å². The van der Waals surface area contributed by atoms with Crippen molar-refractivity contribution in [2.75, 3.05) is 0 Å². The lowest BCUT2D eigenvalue weighted by Gasteiger charge is -2.03. The van der Waals surface area contributed by atoms with Gasteiger partial charge in [0.25, 0.3) is 0 Å². The van der Waals surface area contributed by atoms with Gasteiger partial charge in [0, 0.05) is 9.86 Å². The first-order chi connectivity index (χ1) is 7.50. The molecule has 0 fully saturated rings. The van der Waals surface area contributed by atoms with Gasteiger partial charge in [0.05, 0.1) is 15.5 Å². The van der Waals surface area contributed by atoms with E-state index in [1.165, 1.54) is 0 Å². The summed E-state index contributed by atoms with van der Waals surface area (Å²) in [5, 5.41) is 11.7. The Labute approximate surface area is 108 Å². The molecule has 0 unspecified atom stereocenters. The van der Waals surface area contributed by atoms with Crippen molar-refractivity contribution in [3.8, 4) is 0 Å². The van der Waals surface area contributed by atoms with Crippen LogP contribution in [0.5, 0.6) is 0 Å². The van der Waals surface area contributed by atoms with Crippen molar-refractivity contribution in [1.29, 1.82) is 0 Å². The monoisotopic (exact) mass is 320 g/mol. The number of benzene rings is 1. The van der Waals surface area contributed by atoms with Gasteiger partial charge < -0.3 is 0 Å². The van der Waals surface area contributed by atoms with Crippen LogP contribution in [0.15, 0.2) is 22.8 Å². The Morgan fingerprint density at radius 3 is 2.69 bits per heavy atom. The molecule has 0 spiro atoms. The van der Waals surface area contributed by atoms with E-state index < -0.39 is 4.92 Å². The molecule has 0 bridgehead atoms. The first-order valence-corrected chi connectivity index (χ1v) is 5.63. The Morgan fingerprint density at radius 2 is 2.06 bits per heavy atom. The van der Waals surface area contributed by atoms with Crippen LogP contribution >= 0.6 is 39.1 Å². The number of rotatable bonds is 1. The van der Waals surface area contributed by atoms with Crippen LogP contribution in [-0.2, 0) is 0 Å². The Morgan fingerprint density at radius 1 is 1.38 bits per heavy atom. The summed E-state index contributed by atoms with van der Waals surface area (Å²) < 4.78 is 0.617. The first kappa shape index (κ1) is 11.6. The predicted octanol–water partition coefficient (Wildman–Crippen LogP) is 4.21. The summed E-state index contributed by atoms with van der Waals surface area (Å²) in [6.07, 6.45) is 1.12. The third-order valence-electron chi connectivity index (χ3n) is 2.02. The standard InChI is InChI=1S/C9H3BrCl2N2O2/c10-5-1-4-7(2-6(5)11)13-3-8(9(4)12)14(15)16/h1-3H. The van der Waals surface area contributed by atoms with Gasteiger partial charge in [0.2, 0.25) is 0 Å². The Hall–Kier alpha value is -0.910. The van der Waals surface area contributed by atoms with Crippen LogP contribution < -0.4 is 0 Å². The number of aromatic nitrogens is 1. The molecule has 0 aliphatic rings. The molecule has 0 amide bonds. The van der Waals surface area contributed by atoms with Gasteiger partial charge in [-0.15, -0.1) is 0 Å². The largest absolute Gasteiger partial charge is 0.306 e. The van der Waals surface area contributed by atoms with E-state index in [1.807, 2.05) is 0 Å². The molecular formula is C9H3BrCl2N2O2. The fourth-order valence-corrected chi connectivity index (χ4v) is 2.04. The molecule has 0 saturated carbocycles. The maximum absolute atomic E-state index is 10.7. The highest BCUT2D eigenvalue weighted by Crippen LogP contribution is 2.35. The summed E-state index contributed by atoms with van der Waals surface area (Å²) in [6, 6.07) is 3.20. The lowest BCUT2D eigenvalue weighted by Crippen LogP contribution is -1.92. The van der Waals surface area contributed by atoms with Crippen LogP contribution in [0.1, 0.15) is 0 Å². The predicted molar refractivity (Wildman–Crippen MR) is 66.1 cm³/mol. The second kappa shape index (κ2) is 4.16. The third kappa shape index (κ3) is 1.86. The summed E-state index contributed by atoms with van der Waals surface area (Å²) in [5.41, 5.74) is 0.298. The van der Waals surface area contributed by atoms with Crippen LogP contribution in [0.3, 0.4) is 0 Å². The molecule has 1 heterocycles. The summed E-state index contributed by atoms with van der Waals surface area (Å²) in [5.74, 6) is 0. The molecule has 0 atom stereocenters. The van der Waals surface area contributed by atoms with Gasteiger partial charge >= 0.3 is 5.69 Å². The SMILES string of the molecule is O=[N+]([O-])c1cnc2cc(Cl)c(Br)cc2c1Cl.